The second-order valence-electron chi connectivity index (χ2n) is 4.82. The molecule has 0 fully saturated rings. The third kappa shape index (κ3) is 3.05. The average Bonchev–Trinajstić information content (AvgIpc) is 2.45. The Morgan fingerprint density at radius 2 is 1.80 bits per heavy atom. The van der Waals surface area contributed by atoms with Gasteiger partial charge in [-0.3, -0.25) is 0 Å². The number of para-hydroxylation sites is 1. The molecule has 0 aliphatic carbocycles. The van der Waals surface area contributed by atoms with Crippen molar-refractivity contribution in [2.45, 2.75) is 20.4 Å². The zero-order valence-electron chi connectivity index (χ0n) is 12.5. The number of ether oxygens (including phenoxy) is 2. The minimum Gasteiger partial charge on any atom is -0.493 e. The first-order valence-corrected chi connectivity index (χ1v) is 6.66. The van der Waals surface area contributed by atoms with E-state index >= 15 is 0 Å². The summed E-state index contributed by atoms with van der Waals surface area (Å²) < 4.78 is 10.8. The Labute approximate surface area is 120 Å². The van der Waals surface area contributed by atoms with Crippen LogP contribution in [0, 0.1) is 13.8 Å². The van der Waals surface area contributed by atoms with E-state index in [1.165, 1.54) is 11.1 Å². The molecule has 1 N–H and O–H groups in total. The summed E-state index contributed by atoms with van der Waals surface area (Å²) in [6.45, 7) is 4.91. The maximum absolute atomic E-state index is 5.44. The molecule has 3 heteroatoms. The maximum Gasteiger partial charge on any atom is 0.165 e. The zero-order valence-corrected chi connectivity index (χ0v) is 12.5. The van der Waals surface area contributed by atoms with E-state index in [-0.39, 0.29) is 0 Å². The van der Waals surface area contributed by atoms with Crippen LogP contribution in [0.5, 0.6) is 11.5 Å². The third-order valence-electron chi connectivity index (χ3n) is 3.34. The normalized spacial score (nSPS) is 10.2. The summed E-state index contributed by atoms with van der Waals surface area (Å²) in [5.41, 5.74) is 4.73. The number of hydrogen-bond donors (Lipinski definition) is 1. The molecule has 2 aromatic rings. The molecule has 2 rings (SSSR count). The van der Waals surface area contributed by atoms with Crippen LogP contribution in [0.1, 0.15) is 16.7 Å². The van der Waals surface area contributed by atoms with Crippen molar-refractivity contribution in [1.82, 2.24) is 0 Å². The molecule has 0 saturated carbocycles. The van der Waals surface area contributed by atoms with Crippen LogP contribution in [-0.4, -0.2) is 14.2 Å². The van der Waals surface area contributed by atoms with Gasteiger partial charge in [-0.15, -0.1) is 0 Å². The molecule has 0 aliphatic heterocycles. The molecule has 3 nitrogen and oxygen atoms in total. The first-order chi connectivity index (χ1) is 9.65. The number of rotatable bonds is 5. The molecule has 0 aromatic heterocycles. The number of anilines is 1. The molecule has 0 saturated heterocycles. The highest BCUT2D eigenvalue weighted by Gasteiger charge is 2.09. The smallest absolute Gasteiger partial charge is 0.165 e. The second kappa shape index (κ2) is 6.33. The lowest BCUT2D eigenvalue weighted by molar-refractivity contribution is 0.352. The van der Waals surface area contributed by atoms with Gasteiger partial charge < -0.3 is 14.8 Å². The number of benzene rings is 2. The molecule has 0 bridgehead atoms. The largest absolute Gasteiger partial charge is 0.493 e. The van der Waals surface area contributed by atoms with Gasteiger partial charge in [-0.2, -0.15) is 0 Å². The highest BCUT2D eigenvalue weighted by molar-refractivity contribution is 5.54. The first kappa shape index (κ1) is 14.3. The Morgan fingerprint density at radius 1 is 1.00 bits per heavy atom. The van der Waals surface area contributed by atoms with Crippen molar-refractivity contribution in [1.29, 1.82) is 0 Å². The van der Waals surface area contributed by atoms with Gasteiger partial charge in [0.1, 0.15) is 0 Å². The van der Waals surface area contributed by atoms with Crippen molar-refractivity contribution in [3.8, 4) is 11.5 Å². The van der Waals surface area contributed by atoms with Crippen LogP contribution in [0.4, 0.5) is 5.69 Å². The monoisotopic (exact) mass is 271 g/mol. The maximum atomic E-state index is 5.44. The van der Waals surface area contributed by atoms with E-state index in [1.807, 2.05) is 18.2 Å². The van der Waals surface area contributed by atoms with Crippen molar-refractivity contribution in [2.24, 2.45) is 0 Å². The number of methoxy groups -OCH3 is 2. The summed E-state index contributed by atoms with van der Waals surface area (Å²) >= 11 is 0. The van der Waals surface area contributed by atoms with Gasteiger partial charge in [0, 0.05) is 17.8 Å². The summed E-state index contributed by atoms with van der Waals surface area (Å²) in [7, 11) is 3.32. The van der Waals surface area contributed by atoms with Crippen LogP contribution < -0.4 is 14.8 Å². The Hall–Kier alpha value is -2.16. The van der Waals surface area contributed by atoms with Crippen LogP contribution in [0.15, 0.2) is 36.4 Å². The van der Waals surface area contributed by atoms with Gasteiger partial charge in [0.15, 0.2) is 11.5 Å². The number of aryl methyl sites for hydroxylation is 2. The van der Waals surface area contributed by atoms with E-state index < -0.39 is 0 Å². The summed E-state index contributed by atoms with van der Waals surface area (Å²) in [6, 6.07) is 12.3. The van der Waals surface area contributed by atoms with Crippen LogP contribution in [0.3, 0.4) is 0 Å². The standard InChI is InChI=1S/C17H21NO2/c1-12-8-9-15(13(2)10-12)18-11-14-6-5-7-16(19-3)17(14)20-4/h5-10,18H,11H2,1-4H3. The molecular formula is C17H21NO2. The predicted octanol–water partition coefficient (Wildman–Crippen LogP) is 3.93. The molecule has 0 unspecified atom stereocenters. The van der Waals surface area contributed by atoms with E-state index in [9.17, 15) is 0 Å². The molecule has 0 aliphatic rings. The highest BCUT2D eigenvalue weighted by atomic mass is 16.5. The van der Waals surface area contributed by atoms with Crippen LogP contribution in [0.25, 0.3) is 0 Å². The molecular weight excluding hydrogens is 250 g/mol. The molecule has 2 aromatic carbocycles. The van der Waals surface area contributed by atoms with Gasteiger partial charge >= 0.3 is 0 Å². The Morgan fingerprint density at radius 3 is 2.45 bits per heavy atom. The Balaban J connectivity index is 2.18. The number of nitrogens with one attached hydrogen (secondary N) is 1. The van der Waals surface area contributed by atoms with Crippen molar-refractivity contribution < 1.29 is 9.47 Å². The van der Waals surface area contributed by atoms with Gasteiger partial charge in [0.2, 0.25) is 0 Å². The van der Waals surface area contributed by atoms with E-state index in [4.69, 9.17) is 9.47 Å². The predicted molar refractivity (Wildman–Crippen MR) is 82.8 cm³/mol. The molecule has 0 spiro atoms. The minimum atomic E-state index is 0.699. The van der Waals surface area contributed by atoms with Gasteiger partial charge in [-0.05, 0) is 31.5 Å². The lowest BCUT2D eigenvalue weighted by atomic mass is 10.1. The quantitative estimate of drug-likeness (QED) is 0.893. The summed E-state index contributed by atoms with van der Waals surface area (Å²) in [6.07, 6.45) is 0. The SMILES string of the molecule is COc1cccc(CNc2ccc(C)cc2C)c1OC. The first-order valence-electron chi connectivity index (χ1n) is 6.66. The molecule has 20 heavy (non-hydrogen) atoms. The van der Waals surface area contributed by atoms with E-state index in [2.05, 4.69) is 37.4 Å². The van der Waals surface area contributed by atoms with Crippen molar-refractivity contribution in [3.05, 3.63) is 53.1 Å². The zero-order chi connectivity index (χ0) is 14.5. The fourth-order valence-electron chi connectivity index (χ4n) is 2.30. The average molecular weight is 271 g/mol. The van der Waals surface area contributed by atoms with Gasteiger partial charge in [-0.1, -0.05) is 29.8 Å². The molecule has 0 amide bonds. The lowest BCUT2D eigenvalue weighted by Crippen LogP contribution is -2.04. The molecule has 0 atom stereocenters. The van der Waals surface area contributed by atoms with E-state index in [1.54, 1.807) is 14.2 Å². The summed E-state index contributed by atoms with van der Waals surface area (Å²) in [5, 5.41) is 3.45. The Kier molecular flexibility index (Phi) is 4.51. The molecule has 0 radical (unpaired) electrons. The van der Waals surface area contributed by atoms with Gasteiger partial charge in [-0.25, -0.2) is 0 Å². The third-order valence-corrected chi connectivity index (χ3v) is 3.34. The minimum absolute atomic E-state index is 0.699. The van der Waals surface area contributed by atoms with E-state index in [0.717, 1.165) is 22.7 Å². The van der Waals surface area contributed by atoms with Crippen LogP contribution in [0.2, 0.25) is 0 Å². The fraction of sp³-hybridized carbons (Fsp3) is 0.294. The van der Waals surface area contributed by atoms with Crippen molar-refractivity contribution in [2.75, 3.05) is 19.5 Å². The van der Waals surface area contributed by atoms with Crippen molar-refractivity contribution >= 4 is 5.69 Å². The molecule has 106 valence electrons. The van der Waals surface area contributed by atoms with Gasteiger partial charge in [0.25, 0.3) is 0 Å². The van der Waals surface area contributed by atoms with Gasteiger partial charge in [0.05, 0.1) is 14.2 Å². The highest BCUT2D eigenvalue weighted by Crippen LogP contribution is 2.31. The molecule has 0 heterocycles. The topological polar surface area (TPSA) is 30.5 Å². The summed E-state index contributed by atoms with van der Waals surface area (Å²) in [4.78, 5) is 0. The van der Waals surface area contributed by atoms with Crippen molar-refractivity contribution in [3.63, 3.8) is 0 Å². The Bertz CT molecular complexity index is 594. The lowest BCUT2D eigenvalue weighted by Gasteiger charge is -2.15. The number of hydrogen-bond acceptors (Lipinski definition) is 3. The van der Waals surface area contributed by atoms with E-state index in [0.29, 0.717) is 6.54 Å². The van der Waals surface area contributed by atoms with Crippen LogP contribution in [-0.2, 0) is 6.54 Å². The fourth-order valence-corrected chi connectivity index (χ4v) is 2.30. The second-order valence-corrected chi connectivity index (χ2v) is 4.82. The summed E-state index contributed by atoms with van der Waals surface area (Å²) in [5.74, 6) is 1.54. The van der Waals surface area contributed by atoms with Crippen LogP contribution >= 0.6 is 0 Å².